The first-order chi connectivity index (χ1) is 19.5. The largest absolute Gasteiger partial charge is 0.503 e. The highest BCUT2D eigenvalue weighted by atomic mass is 35.5. The topological polar surface area (TPSA) is 106 Å². The summed E-state index contributed by atoms with van der Waals surface area (Å²) >= 11 is 8.65. The molecule has 206 valence electrons. The van der Waals surface area contributed by atoms with E-state index in [4.69, 9.17) is 20.8 Å². The first-order valence-electron chi connectivity index (χ1n) is 12.7. The number of thioether (sulfide) groups is 1. The lowest BCUT2D eigenvalue weighted by molar-refractivity contribution is -0.117. The molecule has 0 radical (unpaired) electrons. The molecule has 40 heavy (non-hydrogen) atoms. The third-order valence-corrected chi connectivity index (χ3v) is 8.64. The van der Waals surface area contributed by atoms with Crippen LogP contribution < -0.4 is 9.64 Å². The quantitative estimate of drug-likeness (QED) is 0.0780. The monoisotopic (exact) mass is 595 g/mol. The minimum atomic E-state index is -0.952. The molecule has 3 heterocycles. The predicted molar refractivity (Wildman–Crippen MR) is 155 cm³/mol. The number of aromatic nitrogens is 2. The van der Waals surface area contributed by atoms with Gasteiger partial charge in [-0.05, 0) is 53.9 Å². The van der Waals surface area contributed by atoms with Gasteiger partial charge in [-0.25, -0.2) is 0 Å². The molecule has 11 heteroatoms. The van der Waals surface area contributed by atoms with E-state index in [-0.39, 0.29) is 16.5 Å². The maximum Gasteiger partial charge on any atom is 0.296 e. The number of aliphatic hydroxyl groups is 1. The standard InChI is InChI=1S/C29H26ClN3O5S2/c1-2-3-4-14-37-21-8-5-7-19(16-21)24-23(25(34)22-9-6-15-38-22)26(35)27(36)33(24)28-31-32-29(40-28)39-17-18-10-12-20(30)13-11-18/h5-13,15-16,24,35H,2-4,14,17H2,1H3. The number of carbonyl (C=O) groups is 2. The van der Waals surface area contributed by atoms with Crippen LogP contribution in [0.1, 0.15) is 53.9 Å². The summed E-state index contributed by atoms with van der Waals surface area (Å²) in [4.78, 5) is 28.2. The van der Waals surface area contributed by atoms with Crippen LogP contribution in [-0.2, 0) is 10.5 Å². The van der Waals surface area contributed by atoms with Crippen molar-refractivity contribution in [3.8, 4) is 5.75 Å². The summed E-state index contributed by atoms with van der Waals surface area (Å²) < 4.78 is 11.9. The Morgan fingerprint density at radius 2 is 1.98 bits per heavy atom. The number of unbranched alkanes of at least 4 members (excludes halogenated alkanes) is 2. The van der Waals surface area contributed by atoms with Crippen LogP contribution in [-0.4, -0.2) is 33.6 Å². The third-order valence-electron chi connectivity index (χ3n) is 6.27. The van der Waals surface area contributed by atoms with Gasteiger partial charge in [-0.15, -0.1) is 10.2 Å². The van der Waals surface area contributed by atoms with Gasteiger partial charge in [0.1, 0.15) is 5.75 Å². The summed E-state index contributed by atoms with van der Waals surface area (Å²) in [6.07, 6.45) is 4.41. The van der Waals surface area contributed by atoms with Gasteiger partial charge in [-0.2, -0.15) is 0 Å². The molecule has 1 atom stereocenters. The molecule has 1 N–H and O–H groups in total. The lowest BCUT2D eigenvalue weighted by Gasteiger charge is -2.24. The number of furan rings is 1. The van der Waals surface area contributed by atoms with E-state index in [9.17, 15) is 14.7 Å². The number of hydrogen-bond acceptors (Lipinski definition) is 9. The van der Waals surface area contributed by atoms with Crippen molar-refractivity contribution in [1.29, 1.82) is 0 Å². The second-order valence-corrected chi connectivity index (χ2v) is 11.7. The van der Waals surface area contributed by atoms with Gasteiger partial charge >= 0.3 is 0 Å². The number of nitrogens with zero attached hydrogens (tertiary/aromatic N) is 3. The highest BCUT2D eigenvalue weighted by Gasteiger charge is 2.46. The Bertz CT molecular complexity index is 1520. The smallest absolute Gasteiger partial charge is 0.296 e. The van der Waals surface area contributed by atoms with Gasteiger partial charge in [0, 0.05) is 10.8 Å². The minimum Gasteiger partial charge on any atom is -0.503 e. The number of hydrogen-bond donors (Lipinski definition) is 1. The molecular weight excluding hydrogens is 570 g/mol. The van der Waals surface area contributed by atoms with Crippen molar-refractivity contribution in [2.24, 2.45) is 0 Å². The molecule has 1 unspecified atom stereocenters. The summed E-state index contributed by atoms with van der Waals surface area (Å²) in [6, 6.07) is 16.8. The molecule has 8 nitrogen and oxygen atoms in total. The van der Waals surface area contributed by atoms with Crippen molar-refractivity contribution in [1.82, 2.24) is 10.2 Å². The molecule has 0 bridgehead atoms. The Kier molecular flexibility index (Phi) is 8.88. The molecule has 0 aliphatic carbocycles. The molecule has 0 saturated heterocycles. The van der Waals surface area contributed by atoms with Gasteiger partial charge in [-0.3, -0.25) is 14.5 Å². The normalized spacial score (nSPS) is 15.2. The number of halogens is 1. The maximum atomic E-state index is 13.5. The average Bonchev–Trinajstić information content (AvgIpc) is 3.72. The Morgan fingerprint density at radius 3 is 2.73 bits per heavy atom. The van der Waals surface area contributed by atoms with E-state index in [1.54, 1.807) is 24.3 Å². The summed E-state index contributed by atoms with van der Waals surface area (Å²) in [5.74, 6) is -0.713. The van der Waals surface area contributed by atoms with Crippen LogP contribution in [0.25, 0.3) is 0 Å². The molecule has 0 spiro atoms. The fourth-order valence-corrected chi connectivity index (χ4v) is 6.24. The molecule has 2 aromatic carbocycles. The predicted octanol–water partition coefficient (Wildman–Crippen LogP) is 7.43. The second-order valence-electron chi connectivity index (χ2n) is 9.04. The number of rotatable bonds is 12. The number of aliphatic hydroxyl groups excluding tert-OH is 1. The molecular formula is C29H26ClN3O5S2. The first kappa shape index (κ1) is 27.9. The van der Waals surface area contributed by atoms with Crippen molar-refractivity contribution in [3.05, 3.63) is 100 Å². The average molecular weight is 596 g/mol. The third kappa shape index (κ3) is 6.09. The SMILES string of the molecule is CCCCCOc1cccc(C2C(C(=O)c3ccco3)=C(O)C(=O)N2c2nnc(SCc3ccc(Cl)cc3)s2)c1. The Balaban J connectivity index is 1.46. The number of ether oxygens (including phenoxy) is 1. The summed E-state index contributed by atoms with van der Waals surface area (Å²) in [7, 11) is 0. The van der Waals surface area contributed by atoms with E-state index >= 15 is 0 Å². The van der Waals surface area contributed by atoms with Gasteiger partial charge in [-0.1, -0.05) is 78.7 Å². The van der Waals surface area contributed by atoms with Gasteiger partial charge in [0.05, 0.1) is 24.5 Å². The summed E-state index contributed by atoms with van der Waals surface area (Å²) in [6.45, 7) is 2.67. The van der Waals surface area contributed by atoms with E-state index in [1.807, 2.05) is 30.3 Å². The van der Waals surface area contributed by atoms with E-state index in [1.165, 1.54) is 40.3 Å². The minimum absolute atomic E-state index is 0.0182. The van der Waals surface area contributed by atoms with Crippen LogP contribution in [0.2, 0.25) is 5.02 Å². The van der Waals surface area contributed by atoms with Gasteiger partial charge < -0.3 is 14.3 Å². The number of amides is 1. The molecule has 5 rings (SSSR count). The number of anilines is 1. The van der Waals surface area contributed by atoms with Crippen molar-refractivity contribution in [2.45, 2.75) is 42.3 Å². The number of carbonyl (C=O) groups excluding carboxylic acids is 2. The zero-order valence-corrected chi connectivity index (χ0v) is 24.0. The fraction of sp³-hybridized carbons (Fsp3) is 0.241. The zero-order valence-electron chi connectivity index (χ0n) is 21.6. The zero-order chi connectivity index (χ0) is 28.1. The highest BCUT2D eigenvalue weighted by Crippen LogP contribution is 2.44. The van der Waals surface area contributed by atoms with Crippen molar-refractivity contribution in [3.63, 3.8) is 0 Å². The highest BCUT2D eigenvalue weighted by molar-refractivity contribution is 8.00. The molecule has 4 aromatic rings. The molecule has 0 saturated carbocycles. The Hall–Kier alpha value is -3.60. The van der Waals surface area contributed by atoms with E-state index in [2.05, 4.69) is 17.1 Å². The molecule has 1 aliphatic rings. The maximum absolute atomic E-state index is 13.5. The van der Waals surface area contributed by atoms with Gasteiger partial charge in [0.15, 0.2) is 15.9 Å². The van der Waals surface area contributed by atoms with Crippen molar-refractivity contribution >= 4 is 51.5 Å². The second kappa shape index (κ2) is 12.7. The van der Waals surface area contributed by atoms with E-state index in [0.717, 1.165) is 24.8 Å². The van der Waals surface area contributed by atoms with E-state index < -0.39 is 23.5 Å². The number of benzene rings is 2. The van der Waals surface area contributed by atoms with Crippen LogP contribution in [0.3, 0.4) is 0 Å². The van der Waals surface area contributed by atoms with Crippen LogP contribution in [0, 0.1) is 0 Å². The number of ketones is 1. The first-order valence-corrected chi connectivity index (χ1v) is 14.9. The lowest BCUT2D eigenvalue weighted by Crippen LogP contribution is -2.31. The molecule has 0 fully saturated rings. The van der Waals surface area contributed by atoms with Crippen molar-refractivity contribution < 1.29 is 23.8 Å². The van der Waals surface area contributed by atoms with Crippen LogP contribution in [0.15, 0.2) is 87.0 Å². The summed E-state index contributed by atoms with van der Waals surface area (Å²) in [5.41, 5.74) is 1.56. The van der Waals surface area contributed by atoms with Gasteiger partial charge in [0.25, 0.3) is 5.91 Å². The van der Waals surface area contributed by atoms with Crippen LogP contribution >= 0.6 is 34.7 Å². The Morgan fingerprint density at radius 1 is 1.15 bits per heavy atom. The summed E-state index contributed by atoms with van der Waals surface area (Å²) in [5, 5.41) is 20.4. The number of Topliss-reactive ketones (excluding diaryl/α,β-unsaturated/α-hetero) is 1. The lowest BCUT2D eigenvalue weighted by atomic mass is 9.95. The van der Waals surface area contributed by atoms with Crippen LogP contribution in [0.4, 0.5) is 5.13 Å². The van der Waals surface area contributed by atoms with E-state index in [0.29, 0.717) is 33.0 Å². The van der Waals surface area contributed by atoms with Crippen LogP contribution in [0.5, 0.6) is 5.75 Å². The molecule has 2 aromatic heterocycles. The Labute approximate surface area is 244 Å². The fourth-order valence-electron chi connectivity index (χ4n) is 4.29. The molecule has 1 aliphatic heterocycles. The van der Waals surface area contributed by atoms with Crippen molar-refractivity contribution in [2.75, 3.05) is 11.5 Å². The molecule has 1 amide bonds. The van der Waals surface area contributed by atoms with Gasteiger partial charge in [0.2, 0.25) is 10.9 Å².